The third-order valence-corrected chi connectivity index (χ3v) is 4.03. The van der Waals surface area contributed by atoms with Crippen molar-refractivity contribution in [2.75, 3.05) is 18.0 Å². The summed E-state index contributed by atoms with van der Waals surface area (Å²) in [6.45, 7) is 2.32. The van der Waals surface area contributed by atoms with E-state index in [1.807, 2.05) is 6.20 Å². The Morgan fingerprint density at radius 1 is 1.33 bits per heavy atom. The lowest BCUT2D eigenvalue weighted by Gasteiger charge is -2.34. The molecule has 3 nitrogen and oxygen atoms in total. The zero-order valence-corrected chi connectivity index (χ0v) is 9.67. The van der Waals surface area contributed by atoms with Crippen LogP contribution < -0.4 is 10.2 Å². The summed E-state index contributed by atoms with van der Waals surface area (Å²) in [5, 5.41) is 6.81. The molecule has 1 aliphatic heterocycles. The van der Waals surface area contributed by atoms with E-state index in [1.165, 1.54) is 37.4 Å². The maximum Gasteiger partial charge on any atom is 0.185 e. The van der Waals surface area contributed by atoms with Crippen molar-refractivity contribution in [1.29, 1.82) is 0 Å². The molecule has 3 rings (SSSR count). The van der Waals surface area contributed by atoms with Crippen molar-refractivity contribution < 1.29 is 0 Å². The molecule has 1 N–H and O–H groups in total. The highest BCUT2D eigenvalue weighted by Crippen LogP contribution is 2.35. The molecule has 82 valence electrons. The van der Waals surface area contributed by atoms with Crippen molar-refractivity contribution in [2.24, 2.45) is 0 Å². The molecule has 0 radical (unpaired) electrons. The Hall–Kier alpha value is -0.610. The van der Waals surface area contributed by atoms with Gasteiger partial charge in [-0.05, 0) is 32.2 Å². The fraction of sp³-hybridized carbons (Fsp3) is 0.727. The molecule has 0 spiro atoms. The van der Waals surface area contributed by atoms with Gasteiger partial charge in [0.2, 0.25) is 0 Å². The Bertz CT molecular complexity index is 302. The van der Waals surface area contributed by atoms with Crippen LogP contribution in [0.1, 0.15) is 25.7 Å². The van der Waals surface area contributed by atoms with Gasteiger partial charge in [-0.3, -0.25) is 0 Å². The summed E-state index contributed by atoms with van der Waals surface area (Å²) in [5.74, 6) is 0. The molecule has 2 aliphatic rings. The standard InChI is InChI=1S/C11H17N3S/c1-2-10(8-12-5-1)14(9-3-4-9)11-13-6-7-15-11/h6-7,9-10,12H,1-5,8H2. The average Bonchev–Trinajstić information content (AvgIpc) is 2.96. The first-order valence-electron chi connectivity index (χ1n) is 5.84. The lowest BCUT2D eigenvalue weighted by Crippen LogP contribution is -2.47. The molecule has 0 amide bonds. The summed E-state index contributed by atoms with van der Waals surface area (Å²) >= 11 is 1.78. The third-order valence-electron chi connectivity index (χ3n) is 3.24. The van der Waals surface area contributed by atoms with Crippen LogP contribution in [0.2, 0.25) is 0 Å². The predicted molar refractivity (Wildman–Crippen MR) is 63.5 cm³/mol. The zero-order chi connectivity index (χ0) is 10.1. The van der Waals surface area contributed by atoms with Gasteiger partial charge < -0.3 is 10.2 Å². The minimum atomic E-state index is 0.678. The second-order valence-corrected chi connectivity index (χ2v) is 5.33. The van der Waals surface area contributed by atoms with Gasteiger partial charge in [0.25, 0.3) is 0 Å². The number of aromatic nitrogens is 1. The quantitative estimate of drug-likeness (QED) is 0.848. The predicted octanol–water partition coefficient (Wildman–Crippen LogP) is 1.86. The van der Waals surface area contributed by atoms with Gasteiger partial charge in [0.15, 0.2) is 5.13 Å². The van der Waals surface area contributed by atoms with Crippen LogP contribution in [-0.2, 0) is 0 Å². The molecule has 15 heavy (non-hydrogen) atoms. The molecule has 4 heteroatoms. The van der Waals surface area contributed by atoms with Gasteiger partial charge in [-0.1, -0.05) is 0 Å². The maximum absolute atomic E-state index is 4.47. The Balaban J connectivity index is 1.77. The average molecular weight is 223 g/mol. The van der Waals surface area contributed by atoms with Crippen LogP contribution in [0.3, 0.4) is 0 Å². The number of anilines is 1. The number of nitrogens with one attached hydrogen (secondary N) is 1. The van der Waals surface area contributed by atoms with Gasteiger partial charge in [-0.15, -0.1) is 11.3 Å². The Kier molecular flexibility index (Phi) is 2.63. The van der Waals surface area contributed by atoms with Crippen LogP contribution in [-0.4, -0.2) is 30.2 Å². The minimum absolute atomic E-state index is 0.678. The summed E-state index contributed by atoms with van der Waals surface area (Å²) in [5.41, 5.74) is 0. The molecule has 1 unspecified atom stereocenters. The van der Waals surface area contributed by atoms with Gasteiger partial charge in [0, 0.05) is 30.2 Å². The summed E-state index contributed by atoms with van der Waals surface area (Å²) < 4.78 is 0. The first-order valence-corrected chi connectivity index (χ1v) is 6.71. The van der Waals surface area contributed by atoms with Gasteiger partial charge in [-0.25, -0.2) is 4.98 Å². The molecule has 1 aliphatic carbocycles. The van der Waals surface area contributed by atoms with Crippen LogP contribution in [0.4, 0.5) is 5.13 Å². The smallest absolute Gasteiger partial charge is 0.185 e. The number of hydrogen-bond acceptors (Lipinski definition) is 4. The van der Waals surface area contributed by atoms with E-state index in [4.69, 9.17) is 0 Å². The first kappa shape index (κ1) is 9.60. The summed E-state index contributed by atoms with van der Waals surface area (Å²) in [6, 6.07) is 1.46. The topological polar surface area (TPSA) is 28.2 Å². The lowest BCUT2D eigenvalue weighted by molar-refractivity contribution is 0.429. The van der Waals surface area contributed by atoms with E-state index in [9.17, 15) is 0 Å². The minimum Gasteiger partial charge on any atom is -0.341 e. The van der Waals surface area contributed by atoms with Crippen molar-refractivity contribution >= 4 is 16.5 Å². The summed E-state index contributed by atoms with van der Waals surface area (Å²) in [4.78, 5) is 7.04. The van der Waals surface area contributed by atoms with Gasteiger partial charge in [-0.2, -0.15) is 0 Å². The number of thiazole rings is 1. The normalized spacial score (nSPS) is 26.5. The largest absolute Gasteiger partial charge is 0.341 e. The molecule has 1 aromatic heterocycles. The number of piperidine rings is 1. The molecule has 0 aromatic carbocycles. The van der Waals surface area contributed by atoms with Crippen LogP contribution in [0, 0.1) is 0 Å². The maximum atomic E-state index is 4.47. The molecular weight excluding hydrogens is 206 g/mol. The third kappa shape index (κ3) is 2.01. The number of hydrogen-bond donors (Lipinski definition) is 1. The zero-order valence-electron chi connectivity index (χ0n) is 8.85. The Morgan fingerprint density at radius 3 is 2.87 bits per heavy atom. The highest BCUT2D eigenvalue weighted by molar-refractivity contribution is 7.13. The highest BCUT2D eigenvalue weighted by Gasteiger charge is 2.35. The fourth-order valence-electron chi connectivity index (χ4n) is 2.38. The molecule has 1 saturated carbocycles. The first-order chi connectivity index (χ1) is 7.45. The SMILES string of the molecule is c1csc(N(C2CC2)C2CCCNC2)n1. The molecule has 1 saturated heterocycles. The summed E-state index contributed by atoms with van der Waals surface area (Å²) in [7, 11) is 0. The van der Waals surface area contributed by atoms with Crippen LogP contribution >= 0.6 is 11.3 Å². The molecule has 2 fully saturated rings. The van der Waals surface area contributed by atoms with E-state index in [0.29, 0.717) is 6.04 Å². The van der Waals surface area contributed by atoms with Crippen LogP contribution in [0.15, 0.2) is 11.6 Å². The monoisotopic (exact) mass is 223 g/mol. The highest BCUT2D eigenvalue weighted by atomic mass is 32.1. The Morgan fingerprint density at radius 2 is 2.27 bits per heavy atom. The fourth-order valence-corrected chi connectivity index (χ4v) is 3.16. The second-order valence-electron chi connectivity index (χ2n) is 4.45. The second kappa shape index (κ2) is 4.10. The van der Waals surface area contributed by atoms with E-state index in [2.05, 4.69) is 20.6 Å². The molecule has 2 heterocycles. The molecule has 0 bridgehead atoms. The molecule has 1 atom stereocenters. The number of nitrogens with zero attached hydrogens (tertiary/aromatic N) is 2. The van der Waals surface area contributed by atoms with Crippen molar-refractivity contribution in [1.82, 2.24) is 10.3 Å². The van der Waals surface area contributed by atoms with E-state index in [-0.39, 0.29) is 0 Å². The van der Waals surface area contributed by atoms with Gasteiger partial charge in [0.1, 0.15) is 0 Å². The lowest BCUT2D eigenvalue weighted by atomic mass is 10.1. The van der Waals surface area contributed by atoms with Crippen LogP contribution in [0.5, 0.6) is 0 Å². The number of rotatable bonds is 3. The molecule has 1 aromatic rings. The Labute approximate surface area is 94.5 Å². The van der Waals surface area contributed by atoms with Crippen molar-refractivity contribution in [3.8, 4) is 0 Å². The van der Waals surface area contributed by atoms with Crippen molar-refractivity contribution in [3.05, 3.63) is 11.6 Å². The molecular formula is C11H17N3S. The van der Waals surface area contributed by atoms with Crippen LogP contribution in [0.25, 0.3) is 0 Å². The van der Waals surface area contributed by atoms with E-state index < -0.39 is 0 Å². The van der Waals surface area contributed by atoms with E-state index in [0.717, 1.165) is 12.6 Å². The van der Waals surface area contributed by atoms with Gasteiger partial charge >= 0.3 is 0 Å². The van der Waals surface area contributed by atoms with E-state index >= 15 is 0 Å². The van der Waals surface area contributed by atoms with Crippen molar-refractivity contribution in [3.63, 3.8) is 0 Å². The van der Waals surface area contributed by atoms with Gasteiger partial charge in [0.05, 0.1) is 0 Å². The van der Waals surface area contributed by atoms with Crippen molar-refractivity contribution in [2.45, 2.75) is 37.8 Å². The summed E-state index contributed by atoms with van der Waals surface area (Å²) in [6.07, 6.45) is 7.26. The van der Waals surface area contributed by atoms with E-state index in [1.54, 1.807) is 11.3 Å².